The quantitative estimate of drug-likeness (QED) is 0.144. The molecule has 0 atom stereocenters. The standard InChI is InChI=1S/C12H26O4S.2C2H4O2.2Na/c1-2-3-4-5-6-7-8-9-10-11-12-16-17(13,14)15;2*1-2(3)4;;/h2-12H2,1H3,(H,13,14,15);2*1H3,(H,3,4);;/q;;;2*+1/p-2. The van der Waals surface area contributed by atoms with Crippen molar-refractivity contribution in [2.45, 2.75) is 85.0 Å². The maximum Gasteiger partial charge on any atom is 1.00 e. The van der Waals surface area contributed by atoms with E-state index in [9.17, 15) is 13.0 Å². The summed E-state index contributed by atoms with van der Waals surface area (Å²) in [5, 5.41) is 16.3. The molecule has 27 heavy (non-hydrogen) atoms. The summed E-state index contributed by atoms with van der Waals surface area (Å²) in [5.41, 5.74) is 0. The molecule has 0 fully saturated rings. The third-order valence-corrected chi connectivity index (χ3v) is 3.18. The van der Waals surface area contributed by atoms with Crippen LogP contribution in [0.3, 0.4) is 0 Å². The minimum absolute atomic E-state index is 0. The summed E-state index contributed by atoms with van der Waals surface area (Å²) in [6, 6.07) is 0. The van der Waals surface area contributed by atoms with Crippen molar-refractivity contribution in [2.24, 2.45) is 0 Å². The van der Waals surface area contributed by atoms with Crippen molar-refractivity contribution >= 4 is 22.3 Å². The van der Waals surface area contributed by atoms with Crippen LogP contribution in [0.25, 0.3) is 0 Å². The number of aliphatic carboxylic acids is 2. The van der Waals surface area contributed by atoms with E-state index in [1.165, 1.54) is 44.9 Å². The van der Waals surface area contributed by atoms with E-state index < -0.39 is 22.3 Å². The zero-order chi connectivity index (χ0) is 20.1. The normalized spacial score (nSPS) is 9.33. The molecule has 0 spiro atoms. The van der Waals surface area contributed by atoms with Gasteiger partial charge in [-0.3, -0.25) is 8.98 Å². The summed E-state index contributed by atoms with van der Waals surface area (Å²) in [6.45, 7) is 4.30. The largest absolute Gasteiger partial charge is 1.00 e. The molecule has 0 radical (unpaired) electrons. The predicted octanol–water partition coefficient (Wildman–Crippen LogP) is -3.76. The molecule has 0 rings (SSSR count). The van der Waals surface area contributed by atoms with Gasteiger partial charge in [-0.25, -0.2) is 8.42 Å². The summed E-state index contributed by atoms with van der Waals surface area (Å²) in [4.78, 5) is 17.9. The number of unbranched alkanes of at least 4 members (excludes halogenated alkanes) is 9. The maximum absolute atomic E-state index is 10.1. The van der Waals surface area contributed by atoms with Crippen LogP contribution < -0.4 is 64.2 Å². The van der Waals surface area contributed by atoms with Gasteiger partial charge in [-0.2, -0.15) is 0 Å². The maximum atomic E-state index is 10.1. The van der Waals surface area contributed by atoms with Gasteiger partial charge in [0.25, 0.3) is 5.97 Å². The Morgan fingerprint density at radius 3 is 1.37 bits per heavy atom. The Kier molecular flexibility index (Phi) is 41.3. The summed E-state index contributed by atoms with van der Waals surface area (Å²) in [5.74, 6) is -1.92. The fourth-order valence-electron chi connectivity index (χ4n) is 1.75. The van der Waals surface area contributed by atoms with Gasteiger partial charge in [0.15, 0.2) is 0 Å². The Bertz CT molecular complexity index is 397. The first-order valence-electron chi connectivity index (χ1n) is 8.50. The van der Waals surface area contributed by atoms with Gasteiger partial charge in [-0.1, -0.05) is 64.7 Å². The summed E-state index contributed by atoms with van der Waals surface area (Å²) in [7, 11) is -4.48. The van der Waals surface area contributed by atoms with E-state index in [1.54, 1.807) is 0 Å². The third-order valence-electron chi connectivity index (χ3n) is 2.73. The third kappa shape index (κ3) is 75.2. The van der Waals surface area contributed by atoms with Crippen LogP contribution in [0.1, 0.15) is 85.0 Å². The molecule has 0 bridgehead atoms. The van der Waals surface area contributed by atoms with Crippen molar-refractivity contribution in [1.82, 2.24) is 0 Å². The number of hydrogen-bond donors (Lipinski definition) is 1. The number of rotatable bonds is 12. The Balaban J connectivity index is -0.000000136. The number of carbonyl (C=O) groups excluding carboxylic acids is 1. The monoisotopic (exact) mass is 430 g/mol. The molecule has 8 nitrogen and oxygen atoms in total. The van der Waals surface area contributed by atoms with Crippen molar-refractivity contribution in [3.63, 3.8) is 0 Å². The van der Waals surface area contributed by atoms with E-state index in [-0.39, 0.29) is 65.7 Å². The summed E-state index contributed by atoms with van der Waals surface area (Å²) in [6.07, 6.45) is 11.7. The Morgan fingerprint density at radius 1 is 0.852 bits per heavy atom. The average Bonchev–Trinajstić information content (AvgIpc) is 2.42. The van der Waals surface area contributed by atoms with Crippen LogP contribution in [0.2, 0.25) is 0 Å². The van der Waals surface area contributed by atoms with Gasteiger partial charge in [-0.05, 0) is 13.3 Å². The Labute approximate surface area is 208 Å². The molecule has 0 aliphatic rings. The molecule has 11 heteroatoms. The summed E-state index contributed by atoms with van der Waals surface area (Å²) >= 11 is 0. The molecular weight excluding hydrogens is 398 g/mol. The van der Waals surface area contributed by atoms with E-state index in [0.29, 0.717) is 6.42 Å². The number of carboxylic acid groups (broad SMARTS) is 2. The van der Waals surface area contributed by atoms with Gasteiger partial charge in [0.05, 0.1) is 6.61 Å². The second kappa shape index (κ2) is 29.0. The van der Waals surface area contributed by atoms with E-state index in [1.807, 2.05) is 0 Å². The topological polar surface area (TPSA) is 144 Å². The van der Waals surface area contributed by atoms with E-state index >= 15 is 0 Å². The van der Waals surface area contributed by atoms with Gasteiger partial charge in [0.2, 0.25) is 10.4 Å². The molecule has 0 heterocycles. The molecule has 152 valence electrons. The van der Waals surface area contributed by atoms with Crippen LogP contribution in [0.15, 0.2) is 0 Å². The van der Waals surface area contributed by atoms with Crippen molar-refractivity contribution in [3.05, 3.63) is 0 Å². The van der Waals surface area contributed by atoms with Crippen LogP contribution >= 0.6 is 0 Å². The van der Waals surface area contributed by atoms with Crippen molar-refractivity contribution in [3.8, 4) is 0 Å². The molecule has 0 unspecified atom stereocenters. The summed E-state index contributed by atoms with van der Waals surface area (Å²) < 4.78 is 34.5. The molecule has 0 aliphatic carbocycles. The van der Waals surface area contributed by atoms with Crippen LogP contribution in [0.4, 0.5) is 0 Å². The zero-order valence-electron chi connectivity index (χ0n) is 17.5. The molecule has 0 aromatic carbocycles. The number of hydrogen-bond acceptors (Lipinski definition) is 7. The average molecular weight is 430 g/mol. The minimum Gasteiger partial charge on any atom is -0.726 e. The van der Waals surface area contributed by atoms with E-state index in [2.05, 4.69) is 11.1 Å². The van der Waals surface area contributed by atoms with Gasteiger partial charge in [-0.15, -0.1) is 0 Å². The van der Waals surface area contributed by atoms with Crippen LogP contribution in [0, 0.1) is 0 Å². The molecule has 0 saturated heterocycles. The smallest absolute Gasteiger partial charge is 0.726 e. The Hall–Kier alpha value is 0.810. The van der Waals surface area contributed by atoms with Crippen molar-refractivity contribution < 1.29 is 96.1 Å². The van der Waals surface area contributed by atoms with Crippen LogP contribution in [-0.4, -0.2) is 36.6 Å². The van der Waals surface area contributed by atoms with Crippen molar-refractivity contribution in [2.75, 3.05) is 6.61 Å². The second-order valence-corrected chi connectivity index (χ2v) is 6.48. The van der Waals surface area contributed by atoms with Crippen molar-refractivity contribution in [1.29, 1.82) is 0 Å². The van der Waals surface area contributed by atoms with Crippen LogP contribution in [-0.2, 0) is 24.2 Å². The molecule has 0 saturated carbocycles. The number of carbonyl (C=O) groups is 2. The van der Waals surface area contributed by atoms with Gasteiger partial charge in [0, 0.05) is 12.9 Å². The fourth-order valence-corrected chi connectivity index (χ4v) is 2.07. The predicted molar refractivity (Wildman–Crippen MR) is 91.5 cm³/mol. The molecular formula is C16H32Na2O8S. The first-order chi connectivity index (χ1) is 11.5. The Morgan fingerprint density at radius 2 is 1.11 bits per heavy atom. The van der Waals surface area contributed by atoms with Gasteiger partial charge < -0.3 is 19.6 Å². The molecule has 0 aromatic rings. The molecule has 0 amide bonds. The zero-order valence-corrected chi connectivity index (χ0v) is 22.3. The molecule has 0 aromatic heterocycles. The van der Waals surface area contributed by atoms with Gasteiger partial charge in [0.1, 0.15) is 0 Å². The van der Waals surface area contributed by atoms with E-state index in [4.69, 9.17) is 19.8 Å². The second-order valence-electron chi connectivity index (χ2n) is 5.42. The molecule has 1 N–H and O–H groups in total. The fraction of sp³-hybridized carbons (Fsp3) is 0.875. The van der Waals surface area contributed by atoms with Gasteiger partial charge >= 0.3 is 59.1 Å². The minimum atomic E-state index is -4.48. The molecule has 0 aliphatic heterocycles. The van der Waals surface area contributed by atoms with E-state index in [0.717, 1.165) is 26.7 Å². The first-order valence-corrected chi connectivity index (χ1v) is 9.83. The number of carboxylic acids is 2. The first kappa shape index (κ1) is 38.4. The SMILES string of the molecule is CC(=O)O.CC(=O)[O-].CCCCCCCCCCCCOS(=O)(=O)[O-].[Na+].[Na+]. The van der Waals surface area contributed by atoms with Crippen LogP contribution in [0.5, 0.6) is 0 Å².